The number of hydrogen-bond acceptors (Lipinski definition) is 1. The number of benzene rings is 1. The molecule has 1 aliphatic carbocycles. The molecular formula is C15H17Cl2N. The number of hydrogen-bond donors (Lipinski definition) is 0. The fraction of sp³-hybridized carbons (Fsp3) is 0.533. The minimum Gasteiger partial charge on any atom is -0.198 e. The van der Waals surface area contributed by atoms with E-state index < -0.39 is 0 Å². The van der Waals surface area contributed by atoms with Crippen molar-refractivity contribution in [2.75, 3.05) is 0 Å². The van der Waals surface area contributed by atoms with Gasteiger partial charge in [0.05, 0.1) is 6.07 Å². The fourth-order valence-electron chi connectivity index (χ4n) is 2.95. The molecule has 1 aromatic rings. The molecular weight excluding hydrogens is 265 g/mol. The molecule has 1 nitrogen and oxygen atoms in total. The fourth-order valence-corrected chi connectivity index (χ4v) is 3.39. The van der Waals surface area contributed by atoms with Crippen LogP contribution in [0, 0.1) is 17.2 Å². The molecule has 0 heterocycles. The van der Waals surface area contributed by atoms with Gasteiger partial charge in [-0.25, -0.2) is 0 Å². The van der Waals surface area contributed by atoms with E-state index in [-0.39, 0.29) is 0 Å². The van der Waals surface area contributed by atoms with E-state index >= 15 is 0 Å². The van der Waals surface area contributed by atoms with Crippen LogP contribution in [0.4, 0.5) is 0 Å². The lowest BCUT2D eigenvalue weighted by Gasteiger charge is -2.24. The molecule has 2 atom stereocenters. The van der Waals surface area contributed by atoms with E-state index in [0.717, 1.165) is 28.5 Å². The molecule has 0 radical (unpaired) electrons. The van der Waals surface area contributed by atoms with Crippen molar-refractivity contribution < 1.29 is 0 Å². The molecule has 1 saturated carbocycles. The van der Waals surface area contributed by atoms with Gasteiger partial charge in [-0.15, -0.1) is 0 Å². The molecule has 0 aromatic heterocycles. The second-order valence-corrected chi connectivity index (χ2v) is 5.88. The van der Waals surface area contributed by atoms with E-state index in [1.54, 1.807) is 0 Å². The van der Waals surface area contributed by atoms with E-state index in [4.69, 9.17) is 28.5 Å². The second kappa shape index (κ2) is 6.45. The molecule has 0 amide bonds. The molecule has 1 aliphatic rings. The van der Waals surface area contributed by atoms with E-state index in [0.29, 0.717) is 18.3 Å². The van der Waals surface area contributed by atoms with Crippen molar-refractivity contribution in [3.8, 4) is 6.07 Å². The average molecular weight is 282 g/mol. The Kier molecular flexibility index (Phi) is 4.92. The SMILES string of the molecule is N#CCC1CCCCCC1c1cc(Cl)ccc1Cl. The molecule has 3 heteroatoms. The molecule has 96 valence electrons. The lowest BCUT2D eigenvalue weighted by atomic mass is 9.81. The number of halogens is 2. The van der Waals surface area contributed by atoms with Gasteiger partial charge in [0, 0.05) is 16.5 Å². The van der Waals surface area contributed by atoms with Crippen LogP contribution in [0.15, 0.2) is 18.2 Å². The first-order valence-electron chi connectivity index (χ1n) is 6.54. The van der Waals surface area contributed by atoms with Gasteiger partial charge in [-0.1, -0.05) is 42.5 Å². The van der Waals surface area contributed by atoms with Crippen LogP contribution in [0.2, 0.25) is 10.0 Å². The van der Waals surface area contributed by atoms with Crippen molar-refractivity contribution in [2.45, 2.75) is 44.4 Å². The summed E-state index contributed by atoms with van der Waals surface area (Å²) in [6.07, 6.45) is 6.56. The molecule has 0 saturated heterocycles. The molecule has 0 N–H and O–H groups in total. The summed E-state index contributed by atoms with van der Waals surface area (Å²) in [4.78, 5) is 0. The van der Waals surface area contributed by atoms with Crippen LogP contribution in [0.5, 0.6) is 0 Å². The second-order valence-electron chi connectivity index (χ2n) is 5.03. The van der Waals surface area contributed by atoms with Gasteiger partial charge in [-0.2, -0.15) is 5.26 Å². The van der Waals surface area contributed by atoms with Crippen molar-refractivity contribution >= 4 is 23.2 Å². The highest BCUT2D eigenvalue weighted by Crippen LogP contribution is 2.41. The van der Waals surface area contributed by atoms with Crippen LogP contribution in [-0.2, 0) is 0 Å². The van der Waals surface area contributed by atoms with Crippen molar-refractivity contribution in [3.05, 3.63) is 33.8 Å². The summed E-state index contributed by atoms with van der Waals surface area (Å²) in [5, 5.41) is 10.5. The maximum atomic E-state index is 8.99. The smallest absolute Gasteiger partial charge is 0.0624 e. The van der Waals surface area contributed by atoms with Gasteiger partial charge in [-0.05, 0) is 48.4 Å². The Morgan fingerprint density at radius 1 is 1.17 bits per heavy atom. The molecule has 18 heavy (non-hydrogen) atoms. The summed E-state index contributed by atoms with van der Waals surface area (Å²) >= 11 is 12.4. The Hall–Kier alpha value is -0.710. The van der Waals surface area contributed by atoms with Crippen molar-refractivity contribution in [1.29, 1.82) is 5.26 Å². The van der Waals surface area contributed by atoms with Gasteiger partial charge in [0.15, 0.2) is 0 Å². The highest BCUT2D eigenvalue weighted by Gasteiger charge is 2.26. The predicted molar refractivity (Wildman–Crippen MR) is 76.0 cm³/mol. The highest BCUT2D eigenvalue weighted by molar-refractivity contribution is 6.33. The quantitative estimate of drug-likeness (QED) is 0.650. The van der Waals surface area contributed by atoms with Crippen molar-refractivity contribution in [1.82, 2.24) is 0 Å². The van der Waals surface area contributed by atoms with Crippen LogP contribution in [0.1, 0.15) is 50.0 Å². The first kappa shape index (κ1) is 13.7. The van der Waals surface area contributed by atoms with Gasteiger partial charge >= 0.3 is 0 Å². The first-order valence-corrected chi connectivity index (χ1v) is 7.30. The van der Waals surface area contributed by atoms with E-state index in [1.165, 1.54) is 19.3 Å². The lowest BCUT2D eigenvalue weighted by molar-refractivity contribution is 0.406. The summed E-state index contributed by atoms with van der Waals surface area (Å²) < 4.78 is 0. The van der Waals surface area contributed by atoms with Gasteiger partial charge in [-0.3, -0.25) is 0 Å². The Bertz CT molecular complexity index is 450. The standard InChI is InChI=1S/C15H17Cl2N/c16-12-6-7-15(17)14(10-12)13-5-3-1-2-4-11(13)8-9-18/h6-7,10-11,13H,1-5,8H2. The normalized spacial score (nSPS) is 24.3. The number of nitrogens with zero attached hydrogens (tertiary/aromatic N) is 1. The van der Waals surface area contributed by atoms with Crippen molar-refractivity contribution in [3.63, 3.8) is 0 Å². The molecule has 2 unspecified atom stereocenters. The van der Waals surface area contributed by atoms with Gasteiger partial charge in [0.1, 0.15) is 0 Å². The Morgan fingerprint density at radius 3 is 2.72 bits per heavy atom. The molecule has 2 rings (SSSR count). The van der Waals surface area contributed by atoms with Crippen LogP contribution in [0.3, 0.4) is 0 Å². The molecule has 0 bridgehead atoms. The van der Waals surface area contributed by atoms with E-state index in [2.05, 4.69) is 6.07 Å². The summed E-state index contributed by atoms with van der Waals surface area (Å²) in [5.74, 6) is 0.812. The topological polar surface area (TPSA) is 23.8 Å². The maximum Gasteiger partial charge on any atom is 0.0624 e. The molecule has 1 aromatic carbocycles. The van der Waals surface area contributed by atoms with Crippen molar-refractivity contribution in [2.24, 2.45) is 5.92 Å². The number of rotatable bonds is 2. The van der Waals surface area contributed by atoms with Gasteiger partial charge < -0.3 is 0 Å². The largest absolute Gasteiger partial charge is 0.198 e. The Balaban J connectivity index is 2.31. The minimum atomic E-state index is 0.387. The van der Waals surface area contributed by atoms with E-state index in [9.17, 15) is 0 Å². The molecule has 0 aliphatic heterocycles. The van der Waals surface area contributed by atoms with Crippen LogP contribution in [-0.4, -0.2) is 0 Å². The predicted octanol–water partition coefficient (Wildman–Crippen LogP) is 5.57. The zero-order chi connectivity index (χ0) is 13.0. The number of nitriles is 1. The summed E-state index contributed by atoms with van der Waals surface area (Å²) in [6, 6.07) is 7.99. The third-order valence-electron chi connectivity index (χ3n) is 3.87. The zero-order valence-electron chi connectivity index (χ0n) is 10.3. The van der Waals surface area contributed by atoms with Crippen LogP contribution in [0.25, 0.3) is 0 Å². The third-order valence-corrected chi connectivity index (χ3v) is 4.45. The van der Waals surface area contributed by atoms with E-state index in [1.807, 2.05) is 18.2 Å². The summed E-state index contributed by atoms with van der Waals surface area (Å²) in [5.41, 5.74) is 1.13. The molecule has 0 spiro atoms. The van der Waals surface area contributed by atoms with Crippen LogP contribution < -0.4 is 0 Å². The summed E-state index contributed by atoms with van der Waals surface area (Å²) in [6.45, 7) is 0. The Morgan fingerprint density at radius 2 is 1.94 bits per heavy atom. The van der Waals surface area contributed by atoms with Crippen LogP contribution >= 0.6 is 23.2 Å². The first-order chi connectivity index (χ1) is 8.72. The zero-order valence-corrected chi connectivity index (χ0v) is 11.8. The maximum absolute atomic E-state index is 8.99. The lowest BCUT2D eigenvalue weighted by Crippen LogP contribution is -2.12. The Labute approximate surface area is 119 Å². The average Bonchev–Trinajstić information content (AvgIpc) is 2.58. The monoisotopic (exact) mass is 281 g/mol. The third kappa shape index (κ3) is 3.19. The highest BCUT2D eigenvalue weighted by atomic mass is 35.5. The van der Waals surface area contributed by atoms with Gasteiger partial charge in [0.2, 0.25) is 0 Å². The van der Waals surface area contributed by atoms with Gasteiger partial charge in [0.25, 0.3) is 0 Å². The minimum absolute atomic E-state index is 0.387. The summed E-state index contributed by atoms with van der Waals surface area (Å²) in [7, 11) is 0. The molecule has 1 fully saturated rings.